The lowest BCUT2D eigenvalue weighted by Gasteiger charge is -2.27. The van der Waals surface area contributed by atoms with Crippen LogP contribution in [-0.4, -0.2) is 40.1 Å². The Labute approximate surface area is 179 Å². The topological polar surface area (TPSA) is 71.9 Å². The fraction of sp³-hybridized carbons (Fsp3) is 0.250. The van der Waals surface area contributed by atoms with Gasteiger partial charge in [-0.1, -0.05) is 24.3 Å². The summed E-state index contributed by atoms with van der Waals surface area (Å²) in [7, 11) is 0. The fourth-order valence-electron chi connectivity index (χ4n) is 4.39. The minimum atomic E-state index is -0.322. The van der Waals surface area contributed by atoms with Crippen LogP contribution in [0.5, 0.6) is 0 Å². The fourth-order valence-corrected chi connectivity index (χ4v) is 4.39. The lowest BCUT2D eigenvalue weighted by Crippen LogP contribution is -2.38. The first-order valence-corrected chi connectivity index (χ1v) is 10.3. The molecule has 2 aromatic heterocycles. The number of H-pyrrole nitrogens is 1. The average molecular weight is 418 g/mol. The van der Waals surface area contributed by atoms with Gasteiger partial charge in [-0.3, -0.25) is 10.1 Å². The van der Waals surface area contributed by atoms with E-state index in [-0.39, 0.29) is 17.8 Å². The molecule has 0 saturated carbocycles. The Balaban J connectivity index is 1.80. The molecule has 6 nitrogen and oxygen atoms in total. The number of nitrogens with one attached hydrogen (secondary N) is 2. The number of ether oxygens (including phenoxy) is 1. The van der Waals surface area contributed by atoms with Crippen molar-refractivity contribution in [2.75, 3.05) is 19.8 Å². The summed E-state index contributed by atoms with van der Waals surface area (Å²) in [6, 6.07) is 14.1. The first kappa shape index (κ1) is 19.7. The van der Waals surface area contributed by atoms with Gasteiger partial charge in [-0.15, -0.1) is 0 Å². The predicted molar refractivity (Wildman–Crippen MR) is 118 cm³/mol. The van der Waals surface area contributed by atoms with Crippen LogP contribution in [-0.2, 0) is 4.74 Å². The van der Waals surface area contributed by atoms with E-state index in [9.17, 15) is 9.18 Å². The van der Waals surface area contributed by atoms with Crippen LogP contribution in [0, 0.1) is 12.7 Å². The molecule has 7 heteroatoms. The number of hydrogen-bond donors (Lipinski definition) is 2. The zero-order valence-electron chi connectivity index (χ0n) is 17.4. The Kier molecular flexibility index (Phi) is 4.92. The Morgan fingerprint density at radius 3 is 2.68 bits per heavy atom. The third-order valence-electron chi connectivity index (χ3n) is 5.71. The highest BCUT2D eigenvalue weighted by atomic mass is 19.1. The summed E-state index contributed by atoms with van der Waals surface area (Å²) in [5.41, 5.74) is 5.41. The molecule has 1 saturated heterocycles. The van der Waals surface area contributed by atoms with Crippen molar-refractivity contribution in [3.63, 3.8) is 0 Å². The number of carbonyl (C=O) groups is 1. The summed E-state index contributed by atoms with van der Waals surface area (Å²) in [6.07, 6.45) is -0.0957. The largest absolute Gasteiger partial charge is 0.377 e. The zero-order valence-corrected chi connectivity index (χ0v) is 17.4. The molecule has 1 fully saturated rings. The molecule has 0 bridgehead atoms. The SMILES string of the molecule is CC(=O)c1c(C)[nH]c(-c2nc3ccccc3n2C2COCCN2)c1-c1ccc(F)cc1. The van der Waals surface area contributed by atoms with Crippen LogP contribution in [0.3, 0.4) is 0 Å². The van der Waals surface area contributed by atoms with Crippen molar-refractivity contribution in [2.24, 2.45) is 0 Å². The standard InChI is InChI=1S/C24H23FN4O2/c1-14-21(15(2)30)22(16-7-9-17(25)10-8-16)23(27-14)24-28-18-5-3-4-6-19(18)29(24)20-13-31-12-11-26-20/h3-10,20,26-27H,11-13H2,1-2H3. The molecule has 0 spiro atoms. The molecule has 158 valence electrons. The lowest BCUT2D eigenvalue weighted by molar-refractivity contribution is 0.0552. The first-order chi connectivity index (χ1) is 15.0. The minimum Gasteiger partial charge on any atom is -0.377 e. The van der Waals surface area contributed by atoms with Crippen LogP contribution < -0.4 is 5.32 Å². The van der Waals surface area contributed by atoms with Gasteiger partial charge >= 0.3 is 0 Å². The Morgan fingerprint density at radius 2 is 1.97 bits per heavy atom. The molecule has 1 unspecified atom stereocenters. The van der Waals surface area contributed by atoms with Crippen LogP contribution in [0.2, 0.25) is 0 Å². The number of rotatable bonds is 4. The molecule has 31 heavy (non-hydrogen) atoms. The maximum atomic E-state index is 13.6. The van der Waals surface area contributed by atoms with Crippen LogP contribution in [0.25, 0.3) is 33.7 Å². The van der Waals surface area contributed by atoms with Crippen molar-refractivity contribution in [2.45, 2.75) is 20.0 Å². The van der Waals surface area contributed by atoms with Crippen LogP contribution in [0.1, 0.15) is 29.1 Å². The Hall–Kier alpha value is -3.29. The number of aromatic amines is 1. The smallest absolute Gasteiger partial charge is 0.162 e. The van der Waals surface area contributed by atoms with Crippen molar-refractivity contribution >= 4 is 16.8 Å². The Morgan fingerprint density at radius 1 is 1.19 bits per heavy atom. The molecule has 2 N–H and O–H groups in total. The van der Waals surface area contributed by atoms with Gasteiger partial charge < -0.3 is 14.3 Å². The number of aromatic nitrogens is 3. The molecule has 1 atom stereocenters. The van der Waals surface area contributed by atoms with Gasteiger partial charge in [0.05, 0.1) is 29.9 Å². The number of hydrogen-bond acceptors (Lipinski definition) is 4. The van der Waals surface area contributed by atoms with E-state index in [1.807, 2.05) is 31.2 Å². The van der Waals surface area contributed by atoms with Crippen molar-refractivity contribution in [3.8, 4) is 22.6 Å². The number of para-hydroxylation sites is 2. The molecule has 2 aromatic carbocycles. The van der Waals surface area contributed by atoms with Gasteiger partial charge in [-0.25, -0.2) is 9.37 Å². The van der Waals surface area contributed by atoms with E-state index in [0.29, 0.717) is 24.6 Å². The molecule has 0 radical (unpaired) electrons. The highest BCUT2D eigenvalue weighted by Gasteiger charge is 2.28. The summed E-state index contributed by atoms with van der Waals surface area (Å²) < 4.78 is 21.5. The number of morpholine rings is 1. The number of imidazole rings is 1. The number of Topliss-reactive ketones (excluding diaryl/α,β-unsaturated/α-hetero) is 1. The lowest BCUT2D eigenvalue weighted by atomic mass is 9.97. The normalized spacial score (nSPS) is 16.7. The third kappa shape index (κ3) is 3.36. The number of carbonyl (C=O) groups excluding carboxylic acids is 1. The summed E-state index contributed by atoms with van der Waals surface area (Å²) in [5, 5.41) is 3.50. The Bertz CT molecular complexity index is 1270. The predicted octanol–water partition coefficient (Wildman–Crippen LogP) is 4.47. The highest BCUT2D eigenvalue weighted by Crippen LogP contribution is 2.39. The van der Waals surface area contributed by atoms with E-state index >= 15 is 0 Å². The van der Waals surface area contributed by atoms with Crippen LogP contribution in [0.4, 0.5) is 4.39 Å². The van der Waals surface area contributed by atoms with E-state index in [1.54, 1.807) is 19.1 Å². The van der Waals surface area contributed by atoms with Crippen molar-refractivity contribution < 1.29 is 13.9 Å². The number of aryl methyl sites for hydroxylation is 1. The number of halogens is 1. The summed E-state index contributed by atoms with van der Waals surface area (Å²) in [6.45, 7) is 5.34. The zero-order chi connectivity index (χ0) is 21.5. The second-order valence-electron chi connectivity index (χ2n) is 7.78. The summed E-state index contributed by atoms with van der Waals surface area (Å²) in [5.74, 6) is 0.331. The van der Waals surface area contributed by atoms with Crippen molar-refractivity contribution in [1.29, 1.82) is 0 Å². The highest BCUT2D eigenvalue weighted by molar-refractivity contribution is 6.05. The molecule has 0 aliphatic carbocycles. The number of ketones is 1. The second kappa shape index (κ2) is 7.76. The molecule has 4 aromatic rings. The van der Waals surface area contributed by atoms with E-state index in [4.69, 9.17) is 9.72 Å². The van der Waals surface area contributed by atoms with Crippen molar-refractivity contribution in [3.05, 3.63) is 65.6 Å². The second-order valence-corrected chi connectivity index (χ2v) is 7.78. The van der Waals surface area contributed by atoms with Crippen LogP contribution >= 0.6 is 0 Å². The molecule has 5 rings (SSSR count). The van der Waals surface area contributed by atoms with Gasteiger partial charge in [-0.2, -0.15) is 0 Å². The summed E-state index contributed by atoms with van der Waals surface area (Å²) in [4.78, 5) is 20.9. The number of benzene rings is 2. The van der Waals surface area contributed by atoms with Gasteiger partial charge in [-0.05, 0) is 43.7 Å². The van der Waals surface area contributed by atoms with Crippen LogP contribution in [0.15, 0.2) is 48.5 Å². The quantitative estimate of drug-likeness (QED) is 0.480. The van der Waals surface area contributed by atoms with E-state index in [1.165, 1.54) is 12.1 Å². The molecule has 0 amide bonds. The van der Waals surface area contributed by atoms with Crippen molar-refractivity contribution in [1.82, 2.24) is 19.9 Å². The molecule has 1 aliphatic rings. The van der Waals surface area contributed by atoms with Gasteiger partial charge in [0.1, 0.15) is 12.0 Å². The monoisotopic (exact) mass is 418 g/mol. The third-order valence-corrected chi connectivity index (χ3v) is 5.71. The van der Waals surface area contributed by atoms with E-state index in [0.717, 1.165) is 40.1 Å². The molecular formula is C24H23FN4O2. The maximum absolute atomic E-state index is 13.6. The molecular weight excluding hydrogens is 395 g/mol. The summed E-state index contributed by atoms with van der Waals surface area (Å²) >= 11 is 0. The molecule has 1 aliphatic heterocycles. The van der Waals surface area contributed by atoms with E-state index in [2.05, 4.69) is 14.9 Å². The number of fused-ring (bicyclic) bond motifs is 1. The molecule has 3 heterocycles. The minimum absolute atomic E-state index is 0.0545. The maximum Gasteiger partial charge on any atom is 0.162 e. The van der Waals surface area contributed by atoms with Gasteiger partial charge in [0, 0.05) is 23.4 Å². The van der Waals surface area contributed by atoms with Gasteiger partial charge in [0.15, 0.2) is 11.6 Å². The van der Waals surface area contributed by atoms with Gasteiger partial charge in [0.25, 0.3) is 0 Å². The van der Waals surface area contributed by atoms with Gasteiger partial charge in [0.2, 0.25) is 0 Å². The van der Waals surface area contributed by atoms with E-state index < -0.39 is 0 Å². The average Bonchev–Trinajstić information content (AvgIpc) is 3.32. The first-order valence-electron chi connectivity index (χ1n) is 10.3. The number of nitrogens with zero attached hydrogens (tertiary/aromatic N) is 2.